The Morgan fingerprint density at radius 2 is 0.444 bits per heavy atom. The van der Waals surface area contributed by atoms with E-state index in [1.807, 2.05) is 0 Å². The number of hydrogen-bond acceptors (Lipinski definition) is 9. The van der Waals surface area contributed by atoms with Gasteiger partial charge in [-0.3, -0.25) is 0 Å². The predicted molar refractivity (Wildman–Crippen MR) is 33.8 cm³/mol. The first-order valence-electron chi connectivity index (χ1n) is 1.50. The van der Waals surface area contributed by atoms with Crippen LogP contribution < -0.4 is 25.1 Å². The summed E-state index contributed by atoms with van der Waals surface area (Å²) in [6, 6.07) is 0. The average Bonchev–Trinajstić information content (AvgIpc) is 1.54. The van der Waals surface area contributed by atoms with Gasteiger partial charge in [0.15, 0.2) is 0 Å². The molecule has 2 radical (unpaired) electrons. The fraction of sp³-hybridized carbons (Fsp3) is 0. The summed E-state index contributed by atoms with van der Waals surface area (Å²) in [5.41, 5.74) is 0. The van der Waals surface area contributed by atoms with E-state index in [0.717, 1.165) is 0 Å². The standard InChI is InChI=1S/2Fe.3H2O3Se.4H2O/c;;3*1-4(2)3;;;;/h;;3*(H2,1,2,3);4*1H2/q2*+3;;;;;;;/p-6. The zero-order valence-corrected chi connectivity index (χ0v) is 15.0. The molecule has 0 spiro atoms. The van der Waals surface area contributed by atoms with E-state index >= 15 is 0 Å². The van der Waals surface area contributed by atoms with Crippen LogP contribution >= 0.6 is 0 Å². The van der Waals surface area contributed by atoms with Gasteiger partial charge in [0.05, 0.1) is 0 Å². The van der Waals surface area contributed by atoms with Gasteiger partial charge in [-0.15, -0.1) is 0 Å². The van der Waals surface area contributed by atoms with Crippen LogP contribution in [-0.4, -0.2) is 65.4 Å². The van der Waals surface area contributed by atoms with Gasteiger partial charge in [-0.25, -0.2) is 0 Å². The molecule has 0 aromatic heterocycles. The summed E-state index contributed by atoms with van der Waals surface area (Å²) in [7, 11) is 0. The molecule has 0 aliphatic rings. The van der Waals surface area contributed by atoms with E-state index in [1.165, 1.54) is 0 Å². The van der Waals surface area contributed by atoms with Crippen LogP contribution in [0, 0.1) is 0 Å². The van der Waals surface area contributed by atoms with Crippen molar-refractivity contribution in [1.29, 1.82) is 0 Å². The molecule has 13 nitrogen and oxygen atoms in total. The van der Waals surface area contributed by atoms with Crippen LogP contribution in [0.5, 0.6) is 0 Å². The minimum Gasteiger partial charge on any atom is 3.00 e. The van der Waals surface area contributed by atoms with E-state index in [-0.39, 0.29) is 56.0 Å². The summed E-state index contributed by atoms with van der Waals surface area (Å²) in [5, 5.41) is 0. The molecule has 0 atom stereocenters. The van der Waals surface area contributed by atoms with Gasteiger partial charge in [0.25, 0.3) is 0 Å². The van der Waals surface area contributed by atoms with Crippen LogP contribution in [0.4, 0.5) is 0 Å². The molecule has 0 aliphatic carbocycles. The Balaban J connectivity index is -0.00000000827. The molecule has 0 aliphatic heterocycles. The van der Waals surface area contributed by atoms with E-state index in [4.69, 9.17) is 36.6 Å². The first-order valence-corrected chi connectivity index (χ1v) is 7.79. The second kappa shape index (κ2) is 51.3. The molecule has 0 saturated carbocycles. The summed E-state index contributed by atoms with van der Waals surface area (Å²) < 4.78 is 76.9. The molecule has 18 heavy (non-hydrogen) atoms. The van der Waals surface area contributed by atoms with Gasteiger partial charge in [0.1, 0.15) is 0 Å². The van der Waals surface area contributed by atoms with Crippen molar-refractivity contribution in [1.82, 2.24) is 0 Å². The van der Waals surface area contributed by atoms with Crippen LogP contribution in [-0.2, 0) is 45.6 Å². The second-order valence-electron chi connectivity index (χ2n) is 0.612. The summed E-state index contributed by atoms with van der Waals surface area (Å²) in [6.45, 7) is 0. The van der Waals surface area contributed by atoms with Crippen molar-refractivity contribution in [3.63, 3.8) is 0 Å². The zero-order valence-electron chi connectivity index (χ0n) is 7.61. The third-order valence-electron chi connectivity index (χ3n) is 0. The van der Waals surface area contributed by atoms with Crippen LogP contribution in [0.15, 0.2) is 0 Å². The van der Waals surface area contributed by atoms with E-state index < -0.39 is 43.5 Å². The van der Waals surface area contributed by atoms with E-state index in [1.54, 1.807) is 0 Å². The van der Waals surface area contributed by atoms with Gasteiger partial charge in [0, 0.05) is 0 Å². The van der Waals surface area contributed by atoms with Crippen molar-refractivity contribution in [3.8, 4) is 0 Å². The molecule has 0 rings (SSSR count). The number of hydrogen-bond donors (Lipinski definition) is 0. The van der Waals surface area contributed by atoms with Crippen molar-refractivity contribution < 1.29 is 92.7 Å². The molecule has 0 aromatic rings. The molecule has 0 heterocycles. The molecule has 0 amide bonds. The Labute approximate surface area is 135 Å². The molecule has 120 valence electrons. The molecule has 0 bridgehead atoms. The minimum atomic E-state index is -3.79. The largest absolute Gasteiger partial charge is 3.00 e. The smallest absolute Gasteiger partial charge is 3.00 e. The quantitative estimate of drug-likeness (QED) is 0.252. The fourth-order valence-electron chi connectivity index (χ4n) is 0. The van der Waals surface area contributed by atoms with Crippen molar-refractivity contribution in [2.45, 2.75) is 0 Å². The first kappa shape index (κ1) is 60.4. The maximum Gasteiger partial charge on any atom is 3.00 e. The summed E-state index contributed by atoms with van der Waals surface area (Å²) in [5.74, 6) is 0. The van der Waals surface area contributed by atoms with E-state index in [9.17, 15) is 0 Å². The maximum absolute atomic E-state index is 8.54. The Morgan fingerprint density at radius 3 is 0.444 bits per heavy atom. The van der Waals surface area contributed by atoms with Gasteiger partial charge in [-0.1, -0.05) is 0 Å². The van der Waals surface area contributed by atoms with Crippen LogP contribution in [0.3, 0.4) is 0 Å². The van der Waals surface area contributed by atoms with Crippen molar-refractivity contribution in [2.24, 2.45) is 0 Å². The van der Waals surface area contributed by atoms with Gasteiger partial charge >= 0.3 is 114 Å². The Bertz CT molecular complexity index is 118. The molecule has 0 aromatic carbocycles. The Hall–Kier alpha value is 1.60. The third kappa shape index (κ3) is 1900. The molecule has 0 unspecified atom stereocenters. The Morgan fingerprint density at radius 1 is 0.444 bits per heavy atom. The topological polar surface area (TPSA) is 316 Å². The molecule has 8 N–H and O–H groups in total. The summed E-state index contributed by atoms with van der Waals surface area (Å²) >= 11 is -11.4. The second-order valence-corrected chi connectivity index (χ2v) is 3.18. The van der Waals surface area contributed by atoms with Gasteiger partial charge < -0.3 is 21.9 Å². The van der Waals surface area contributed by atoms with Crippen molar-refractivity contribution in [3.05, 3.63) is 0 Å². The van der Waals surface area contributed by atoms with Gasteiger partial charge in [-0.05, 0) is 0 Å². The fourth-order valence-corrected chi connectivity index (χ4v) is 0. The zero-order chi connectivity index (χ0) is 10.7. The molecule has 18 heteroatoms. The van der Waals surface area contributed by atoms with Gasteiger partial charge in [-0.2, -0.15) is 0 Å². The van der Waals surface area contributed by atoms with E-state index in [0.29, 0.717) is 0 Å². The van der Waals surface area contributed by atoms with Crippen molar-refractivity contribution in [2.75, 3.05) is 0 Å². The average molecular weight is 565 g/mol. The summed E-state index contributed by atoms with van der Waals surface area (Å²) in [4.78, 5) is 0. The normalized spacial score (nSPS) is 5.83. The minimum absolute atomic E-state index is 0. The maximum atomic E-state index is 8.54. The van der Waals surface area contributed by atoms with Gasteiger partial charge in [0.2, 0.25) is 0 Å². The predicted octanol–water partition coefficient (Wildman–Crippen LogP) is -11.9. The van der Waals surface area contributed by atoms with E-state index in [2.05, 4.69) is 0 Å². The first-order chi connectivity index (χ1) is 5.20. The molecule has 0 saturated heterocycles. The molecular formula is H8Fe2O13Se3. The third-order valence-corrected chi connectivity index (χ3v) is 0. The molecular weight excluding hydrogens is 557 g/mol. The SMILES string of the molecule is O.O.O.O.O=[Se]([O-])[O-].O=[Se]([O-])[O-].O=[Se]([O-])[O-].[Fe+3].[Fe+3]. The van der Waals surface area contributed by atoms with Crippen LogP contribution in [0.25, 0.3) is 0 Å². The van der Waals surface area contributed by atoms with Crippen molar-refractivity contribution >= 4 is 43.5 Å². The summed E-state index contributed by atoms with van der Waals surface area (Å²) in [6.07, 6.45) is 0. The van der Waals surface area contributed by atoms with Crippen LogP contribution in [0.2, 0.25) is 0 Å². The van der Waals surface area contributed by atoms with Crippen LogP contribution in [0.1, 0.15) is 0 Å². The molecule has 0 fully saturated rings. The number of rotatable bonds is 0. The monoisotopic (exact) mass is 568 g/mol. The Kier molecular flexibility index (Phi) is 172.